The average molecular weight is 909 g/mol. The van der Waals surface area contributed by atoms with Crippen molar-refractivity contribution in [3.63, 3.8) is 0 Å². The van der Waals surface area contributed by atoms with Gasteiger partial charge in [0.05, 0.1) is 42.5 Å². The fraction of sp³-hybridized carbons (Fsp3) is 0.0278. The van der Waals surface area contributed by atoms with Crippen molar-refractivity contribution in [2.24, 2.45) is 20.5 Å². The van der Waals surface area contributed by atoms with Crippen LogP contribution in [-0.2, 0) is 32.3 Å². The number of carbonyl (C=O) groups is 1. The molecule has 6 rings (SSSR count). The Balaban J connectivity index is 0.000000400. The summed E-state index contributed by atoms with van der Waals surface area (Å²) in [5.41, 5.74) is -1.94. The van der Waals surface area contributed by atoms with Crippen LogP contribution in [0.2, 0.25) is 5.02 Å². The number of para-hydroxylation sites is 1. The normalized spacial score (nSPS) is 11.4. The number of rotatable bonds is 9. The van der Waals surface area contributed by atoms with Crippen molar-refractivity contribution in [3.05, 3.63) is 140 Å². The molecule has 0 aliphatic rings. The molecule has 6 aromatic carbocycles. The van der Waals surface area contributed by atoms with Crippen LogP contribution < -0.4 is 84.9 Å². The maximum absolute atomic E-state index is 12.5. The van der Waals surface area contributed by atoms with E-state index in [9.17, 15) is 58.4 Å². The number of anilines is 1. The molecule has 0 aromatic heterocycles. The Morgan fingerprint density at radius 2 is 1.27 bits per heavy atom. The third-order valence-corrected chi connectivity index (χ3v) is 8.90. The second-order valence-electron chi connectivity index (χ2n) is 11.4. The van der Waals surface area contributed by atoms with Gasteiger partial charge in [-0.1, -0.05) is 90.4 Å². The molecule has 60 heavy (non-hydrogen) atoms. The number of azo groups is 2. The molecule has 0 aliphatic heterocycles. The van der Waals surface area contributed by atoms with Crippen molar-refractivity contribution < 1.29 is 125 Å². The van der Waals surface area contributed by atoms with Gasteiger partial charge in [0.15, 0.2) is 0 Å². The van der Waals surface area contributed by atoms with Crippen LogP contribution in [0.3, 0.4) is 0 Å². The van der Waals surface area contributed by atoms with Gasteiger partial charge in [-0.25, -0.2) is 8.42 Å². The van der Waals surface area contributed by atoms with E-state index in [2.05, 4.69) is 25.8 Å². The molecule has 0 aliphatic carbocycles. The Labute approximate surface area is 398 Å². The number of allylic oxidation sites excluding steroid dienone is 1. The summed E-state index contributed by atoms with van der Waals surface area (Å²) < 4.78 is 34.8. The summed E-state index contributed by atoms with van der Waals surface area (Å²) in [5, 5.41) is 88.2. The van der Waals surface area contributed by atoms with Gasteiger partial charge in [-0.3, -0.25) is 25.0 Å². The molecule has 0 unspecified atom stereocenters. The molecule has 0 atom stereocenters. The van der Waals surface area contributed by atoms with Crippen molar-refractivity contribution >= 4 is 83.3 Å². The van der Waals surface area contributed by atoms with Crippen LogP contribution in [0.4, 0.5) is 34.1 Å². The fourth-order valence-electron chi connectivity index (χ4n) is 5.02. The number of nitro groups is 2. The minimum atomic E-state index is -5.11. The third kappa shape index (κ3) is 12.3. The Morgan fingerprint density at radius 3 is 1.88 bits per heavy atom. The van der Waals surface area contributed by atoms with Crippen molar-refractivity contribution in [1.82, 2.24) is 0 Å². The van der Waals surface area contributed by atoms with Crippen LogP contribution in [-0.4, -0.2) is 28.7 Å². The molecule has 0 bridgehead atoms. The molecule has 1 radical (unpaired) electrons. The minimum absolute atomic E-state index is 0. The van der Waals surface area contributed by atoms with Crippen LogP contribution in [0.1, 0.15) is 6.92 Å². The zero-order valence-corrected chi connectivity index (χ0v) is 37.9. The molecular formula is C36H21ClCrN7Na2O12S. The summed E-state index contributed by atoms with van der Waals surface area (Å²) in [6, 6.07) is 22.6. The van der Waals surface area contributed by atoms with Crippen molar-refractivity contribution in [1.29, 1.82) is 0 Å². The SMILES string of the molecule is CC([O-])=C(N=Nc1cc([N+](=O)[O-])ccc1[O-])C(=O)Nc1ccccc1Cl.O=[N+]([O-])c1ccc2c(N=Nc3c([O-])ccc4ccccc34)c([O-])cc(S(=O)(=O)[O-])c2c1.[Cr+3].[Na+].[Na+]. The Hall–Kier alpha value is -5.02. The van der Waals surface area contributed by atoms with E-state index < -0.39 is 65.2 Å². The first kappa shape index (κ1) is 51.1. The number of fused-ring (bicyclic) bond motifs is 2. The first-order chi connectivity index (χ1) is 27.0. The van der Waals surface area contributed by atoms with Gasteiger partial charge in [-0.05, 0) is 29.7 Å². The predicted molar refractivity (Wildman–Crippen MR) is 195 cm³/mol. The van der Waals surface area contributed by atoms with Gasteiger partial charge >= 0.3 is 76.5 Å². The molecule has 0 fully saturated rings. The summed E-state index contributed by atoms with van der Waals surface area (Å²) in [6.07, 6.45) is 0. The van der Waals surface area contributed by atoms with E-state index in [1.165, 1.54) is 12.1 Å². The summed E-state index contributed by atoms with van der Waals surface area (Å²) in [7, 11) is -5.11. The molecule has 19 nitrogen and oxygen atoms in total. The number of nitrogens with one attached hydrogen (secondary N) is 1. The Morgan fingerprint density at radius 1 is 0.700 bits per heavy atom. The van der Waals surface area contributed by atoms with Crippen molar-refractivity contribution in [2.45, 2.75) is 11.8 Å². The fourth-order valence-corrected chi connectivity index (χ4v) is 5.90. The van der Waals surface area contributed by atoms with Gasteiger partial charge in [0.2, 0.25) is 0 Å². The van der Waals surface area contributed by atoms with Gasteiger partial charge in [-0.15, -0.1) is 10.9 Å². The number of nitro benzene ring substituents is 2. The smallest absolute Gasteiger partial charge is 0.874 e. The van der Waals surface area contributed by atoms with Gasteiger partial charge in [0.1, 0.15) is 15.8 Å². The molecule has 0 spiro atoms. The average Bonchev–Trinajstić information content (AvgIpc) is 3.16. The second kappa shape index (κ2) is 22.0. The zero-order chi connectivity index (χ0) is 41.6. The van der Waals surface area contributed by atoms with Crippen LogP contribution in [0.5, 0.6) is 17.2 Å². The van der Waals surface area contributed by atoms with E-state index in [0.29, 0.717) is 16.8 Å². The number of carbonyl (C=O) groups excluding carboxylic acids is 1. The van der Waals surface area contributed by atoms with Gasteiger partial charge in [0.25, 0.3) is 17.3 Å². The van der Waals surface area contributed by atoms with E-state index in [4.69, 9.17) is 11.6 Å². The maximum atomic E-state index is 12.5. The van der Waals surface area contributed by atoms with Crippen molar-refractivity contribution in [3.8, 4) is 17.2 Å². The third-order valence-electron chi connectivity index (χ3n) is 7.69. The number of amides is 1. The minimum Gasteiger partial charge on any atom is -0.874 e. The van der Waals surface area contributed by atoms with E-state index in [0.717, 1.165) is 43.3 Å². The van der Waals surface area contributed by atoms with Gasteiger partial charge in [0, 0.05) is 40.4 Å². The first-order valence-corrected chi connectivity index (χ1v) is 17.5. The van der Waals surface area contributed by atoms with E-state index in [1.54, 1.807) is 48.5 Å². The van der Waals surface area contributed by atoms with Crippen LogP contribution in [0, 0.1) is 20.2 Å². The largest absolute Gasteiger partial charge is 3.00 e. The molecule has 1 N–H and O–H groups in total. The van der Waals surface area contributed by atoms with Gasteiger partial charge in [-0.2, -0.15) is 15.3 Å². The summed E-state index contributed by atoms with van der Waals surface area (Å²) in [5.74, 6) is -3.63. The zero-order valence-electron chi connectivity index (χ0n) is 31.1. The van der Waals surface area contributed by atoms with E-state index >= 15 is 0 Å². The monoisotopic (exact) mass is 908 g/mol. The summed E-state index contributed by atoms with van der Waals surface area (Å²) in [4.78, 5) is 31.7. The Bertz CT molecular complexity index is 2830. The Kier molecular flexibility index (Phi) is 18.8. The number of non-ortho nitro benzene ring substituents is 2. The summed E-state index contributed by atoms with van der Waals surface area (Å²) >= 11 is 5.93. The van der Waals surface area contributed by atoms with Crippen LogP contribution in [0.25, 0.3) is 21.5 Å². The van der Waals surface area contributed by atoms with E-state index in [1.807, 2.05) is 0 Å². The topological polar surface area (TPSA) is 314 Å². The molecule has 0 saturated heterocycles. The number of hydrogen-bond acceptors (Lipinski definition) is 16. The molecule has 293 valence electrons. The number of hydrogen-bond donors (Lipinski definition) is 1. The van der Waals surface area contributed by atoms with Gasteiger partial charge < -0.3 is 30.3 Å². The standard InChI is InChI=1S/C20H13N3O7S.C16H13ClN4O5.Cr.2Na/c24-16-8-5-11-3-1-2-4-13(11)19(16)21-22-20-14-7-6-12(23(26)27)9-15(14)18(10-17(20)25)31(28,29)30;1-9(22)15(16(24)18-12-5-3-2-4-11(12)17)20-19-13-8-10(21(25)26)6-7-14(13)23;;;/h1-10,24-25H,(H,28,29,30);2-8,22-23H,1H3,(H,18,24);;;/q;;+3;2*+1/p-5. The molecule has 0 heterocycles. The van der Waals surface area contributed by atoms with Crippen LogP contribution in [0.15, 0.2) is 140 Å². The number of nitrogens with zero attached hydrogens (tertiary/aromatic N) is 6. The maximum Gasteiger partial charge on any atom is 3.00 e. The molecular weight excluding hydrogens is 888 g/mol. The molecule has 24 heteroatoms. The quantitative estimate of drug-likeness (QED) is 0.0382. The van der Waals surface area contributed by atoms with E-state index in [-0.39, 0.29) is 121 Å². The van der Waals surface area contributed by atoms with Crippen LogP contribution >= 0.6 is 11.6 Å². The molecule has 1 amide bonds. The number of benzene rings is 6. The van der Waals surface area contributed by atoms with Crippen molar-refractivity contribution in [2.75, 3.05) is 5.32 Å². The molecule has 6 aromatic rings. The second-order valence-corrected chi connectivity index (χ2v) is 13.2. The predicted octanol–water partition coefficient (Wildman–Crippen LogP) is 0.00940. The first-order valence-electron chi connectivity index (χ1n) is 15.8. The number of halogens is 1. The summed E-state index contributed by atoms with van der Waals surface area (Å²) in [6.45, 7) is 1.09. The molecule has 0 saturated carbocycles.